The molecule has 4 heteroatoms. The first-order valence-electron chi connectivity index (χ1n) is 6.19. The minimum Gasteiger partial charge on any atom is -0.491 e. The summed E-state index contributed by atoms with van der Waals surface area (Å²) < 4.78 is 5.45. The molecular weight excluding hydrogens is 228 g/mol. The summed E-state index contributed by atoms with van der Waals surface area (Å²) in [5.74, 6) is 0.350. The smallest absolute Gasteiger partial charge is 0.255 e. The summed E-state index contributed by atoms with van der Waals surface area (Å²) in [4.78, 5) is 12.2. The quantitative estimate of drug-likeness (QED) is 0.631. The summed E-state index contributed by atoms with van der Waals surface area (Å²) >= 11 is 0. The average Bonchev–Trinajstić information content (AvgIpc) is 2.84. The number of nitrogen functional groups attached to an aromatic ring is 1. The Morgan fingerprint density at radius 2 is 2.17 bits per heavy atom. The van der Waals surface area contributed by atoms with E-state index in [1.165, 1.54) is 0 Å². The topological polar surface area (TPSA) is 64.3 Å². The van der Waals surface area contributed by atoms with Gasteiger partial charge in [0.1, 0.15) is 0 Å². The SMILES string of the molecule is CCOc1c(N)cccc1C(=O)NC1CC=CC1. The largest absolute Gasteiger partial charge is 0.491 e. The fourth-order valence-electron chi connectivity index (χ4n) is 2.04. The maximum Gasteiger partial charge on any atom is 0.255 e. The van der Waals surface area contributed by atoms with Crippen molar-refractivity contribution >= 4 is 11.6 Å². The molecule has 4 nitrogen and oxygen atoms in total. The van der Waals surface area contributed by atoms with Crippen molar-refractivity contribution in [3.63, 3.8) is 0 Å². The van der Waals surface area contributed by atoms with Crippen molar-refractivity contribution in [1.82, 2.24) is 5.32 Å². The van der Waals surface area contributed by atoms with Crippen LogP contribution in [0.1, 0.15) is 30.1 Å². The lowest BCUT2D eigenvalue weighted by Gasteiger charge is -2.15. The molecule has 0 saturated heterocycles. The van der Waals surface area contributed by atoms with Gasteiger partial charge in [0.2, 0.25) is 0 Å². The Bertz CT molecular complexity index is 461. The van der Waals surface area contributed by atoms with Gasteiger partial charge < -0.3 is 15.8 Å². The van der Waals surface area contributed by atoms with Crippen LogP contribution in [-0.4, -0.2) is 18.6 Å². The number of carbonyl (C=O) groups excluding carboxylic acids is 1. The van der Waals surface area contributed by atoms with Crippen molar-refractivity contribution in [2.24, 2.45) is 0 Å². The molecular formula is C14H18N2O2. The molecule has 0 aromatic heterocycles. The van der Waals surface area contributed by atoms with Crippen molar-refractivity contribution in [2.75, 3.05) is 12.3 Å². The van der Waals surface area contributed by atoms with Gasteiger partial charge >= 0.3 is 0 Å². The Balaban J connectivity index is 2.15. The van der Waals surface area contributed by atoms with E-state index in [1.54, 1.807) is 18.2 Å². The van der Waals surface area contributed by atoms with Gasteiger partial charge in [-0.25, -0.2) is 0 Å². The number of para-hydroxylation sites is 1. The van der Waals surface area contributed by atoms with Gasteiger partial charge in [0.05, 0.1) is 17.9 Å². The molecule has 2 rings (SSSR count). The number of benzene rings is 1. The predicted octanol–water partition coefficient (Wildman–Crippen LogP) is 2.12. The van der Waals surface area contributed by atoms with Gasteiger partial charge in [0.25, 0.3) is 5.91 Å². The van der Waals surface area contributed by atoms with Crippen LogP contribution in [0.25, 0.3) is 0 Å². The second-order valence-electron chi connectivity index (χ2n) is 4.27. The molecule has 1 aliphatic rings. The van der Waals surface area contributed by atoms with Gasteiger partial charge in [-0.1, -0.05) is 18.2 Å². The van der Waals surface area contributed by atoms with Crippen LogP contribution in [0.4, 0.5) is 5.69 Å². The van der Waals surface area contributed by atoms with E-state index < -0.39 is 0 Å². The maximum atomic E-state index is 12.2. The average molecular weight is 246 g/mol. The molecule has 0 heterocycles. The molecule has 18 heavy (non-hydrogen) atoms. The highest BCUT2D eigenvalue weighted by Crippen LogP contribution is 2.26. The standard InChI is InChI=1S/C14H18N2O2/c1-2-18-13-11(8-5-9-12(13)15)14(17)16-10-6-3-4-7-10/h3-5,8-10H,2,6-7,15H2,1H3,(H,16,17). The van der Waals surface area contributed by atoms with Crippen LogP contribution in [-0.2, 0) is 0 Å². The number of rotatable bonds is 4. The summed E-state index contributed by atoms with van der Waals surface area (Å²) in [5.41, 5.74) is 6.83. The Kier molecular flexibility index (Phi) is 3.87. The van der Waals surface area contributed by atoms with Crippen molar-refractivity contribution in [3.05, 3.63) is 35.9 Å². The number of nitrogens with two attached hydrogens (primary N) is 1. The Morgan fingerprint density at radius 3 is 2.83 bits per heavy atom. The van der Waals surface area contributed by atoms with Crippen LogP contribution < -0.4 is 15.8 Å². The highest BCUT2D eigenvalue weighted by atomic mass is 16.5. The fourth-order valence-corrected chi connectivity index (χ4v) is 2.04. The van der Waals surface area contributed by atoms with E-state index in [-0.39, 0.29) is 11.9 Å². The maximum absolute atomic E-state index is 12.2. The molecule has 1 aliphatic carbocycles. The van der Waals surface area contributed by atoms with E-state index in [0.29, 0.717) is 23.6 Å². The van der Waals surface area contributed by atoms with Crippen LogP contribution in [0.5, 0.6) is 5.75 Å². The van der Waals surface area contributed by atoms with E-state index in [0.717, 1.165) is 12.8 Å². The van der Waals surface area contributed by atoms with Crippen molar-refractivity contribution < 1.29 is 9.53 Å². The molecule has 0 aliphatic heterocycles. The Labute approximate surface area is 107 Å². The molecule has 0 saturated carbocycles. The number of hydrogen-bond donors (Lipinski definition) is 2. The van der Waals surface area contributed by atoms with Gasteiger partial charge in [-0.2, -0.15) is 0 Å². The van der Waals surface area contributed by atoms with Crippen LogP contribution in [0.15, 0.2) is 30.4 Å². The number of ether oxygens (including phenoxy) is 1. The van der Waals surface area contributed by atoms with E-state index in [4.69, 9.17) is 10.5 Å². The monoisotopic (exact) mass is 246 g/mol. The van der Waals surface area contributed by atoms with Crippen molar-refractivity contribution in [3.8, 4) is 5.75 Å². The zero-order valence-corrected chi connectivity index (χ0v) is 10.5. The van der Waals surface area contributed by atoms with Crippen molar-refractivity contribution in [1.29, 1.82) is 0 Å². The van der Waals surface area contributed by atoms with Crippen LogP contribution in [0.2, 0.25) is 0 Å². The lowest BCUT2D eigenvalue weighted by Crippen LogP contribution is -2.33. The second-order valence-corrected chi connectivity index (χ2v) is 4.27. The molecule has 1 aromatic carbocycles. The molecule has 0 spiro atoms. The van der Waals surface area contributed by atoms with Crippen molar-refractivity contribution in [2.45, 2.75) is 25.8 Å². The zero-order chi connectivity index (χ0) is 13.0. The molecule has 0 bridgehead atoms. The zero-order valence-electron chi connectivity index (χ0n) is 10.5. The van der Waals surface area contributed by atoms with Gasteiger partial charge in [-0.15, -0.1) is 0 Å². The van der Waals surface area contributed by atoms with E-state index >= 15 is 0 Å². The predicted molar refractivity (Wildman–Crippen MR) is 71.7 cm³/mol. The third-order valence-corrected chi connectivity index (χ3v) is 2.92. The first-order chi connectivity index (χ1) is 8.72. The summed E-state index contributed by atoms with van der Waals surface area (Å²) in [6.07, 6.45) is 5.93. The fraction of sp³-hybridized carbons (Fsp3) is 0.357. The lowest BCUT2D eigenvalue weighted by molar-refractivity contribution is 0.0935. The molecule has 0 radical (unpaired) electrons. The van der Waals surface area contributed by atoms with E-state index in [1.807, 2.05) is 6.92 Å². The molecule has 0 unspecified atom stereocenters. The van der Waals surface area contributed by atoms with Crippen LogP contribution >= 0.6 is 0 Å². The Hall–Kier alpha value is -1.97. The molecule has 1 aromatic rings. The summed E-state index contributed by atoms with van der Waals surface area (Å²) in [5, 5.41) is 2.98. The van der Waals surface area contributed by atoms with Gasteiger partial charge in [-0.05, 0) is 31.9 Å². The number of anilines is 1. The first-order valence-corrected chi connectivity index (χ1v) is 6.19. The van der Waals surface area contributed by atoms with E-state index in [2.05, 4.69) is 17.5 Å². The van der Waals surface area contributed by atoms with E-state index in [9.17, 15) is 4.79 Å². The highest BCUT2D eigenvalue weighted by Gasteiger charge is 2.18. The van der Waals surface area contributed by atoms with Gasteiger partial charge in [0.15, 0.2) is 5.75 Å². The second kappa shape index (κ2) is 5.58. The van der Waals surface area contributed by atoms with Crippen LogP contribution in [0, 0.1) is 0 Å². The molecule has 0 atom stereocenters. The molecule has 96 valence electrons. The highest BCUT2D eigenvalue weighted by molar-refractivity contribution is 5.98. The number of amides is 1. The molecule has 3 N–H and O–H groups in total. The third kappa shape index (κ3) is 2.64. The minimum atomic E-state index is -0.126. The lowest BCUT2D eigenvalue weighted by atomic mass is 10.1. The number of nitrogens with one attached hydrogen (secondary N) is 1. The summed E-state index contributed by atoms with van der Waals surface area (Å²) in [7, 11) is 0. The summed E-state index contributed by atoms with van der Waals surface area (Å²) in [6.45, 7) is 2.36. The first kappa shape index (κ1) is 12.5. The summed E-state index contributed by atoms with van der Waals surface area (Å²) in [6, 6.07) is 5.42. The van der Waals surface area contributed by atoms with Gasteiger partial charge in [-0.3, -0.25) is 4.79 Å². The van der Waals surface area contributed by atoms with Crippen LogP contribution in [0.3, 0.4) is 0 Å². The molecule has 1 amide bonds. The number of carbonyl (C=O) groups is 1. The Morgan fingerprint density at radius 1 is 1.44 bits per heavy atom. The normalized spacial score (nSPS) is 14.7. The molecule has 0 fully saturated rings. The van der Waals surface area contributed by atoms with Gasteiger partial charge in [0, 0.05) is 6.04 Å². The minimum absolute atomic E-state index is 0.126. The third-order valence-electron chi connectivity index (χ3n) is 2.92. The number of hydrogen-bond acceptors (Lipinski definition) is 3.